The number of aliphatic carboxylic acids is 1. The van der Waals surface area contributed by atoms with Gasteiger partial charge in [0.2, 0.25) is 0 Å². The van der Waals surface area contributed by atoms with Gasteiger partial charge in [-0.2, -0.15) is 0 Å². The lowest BCUT2D eigenvalue weighted by molar-refractivity contribution is -0.156. The monoisotopic (exact) mass is 284 g/mol. The SMILES string of the molecule is CC(C)C1CC[C@H](C)CC1OC(=O)CCCCC(=O)O. The van der Waals surface area contributed by atoms with Crippen molar-refractivity contribution in [2.45, 2.75) is 71.8 Å². The number of hydrogen-bond acceptors (Lipinski definition) is 3. The van der Waals surface area contributed by atoms with E-state index in [0.717, 1.165) is 12.8 Å². The minimum absolute atomic E-state index is 0.0470. The third-order valence-electron chi connectivity index (χ3n) is 4.27. The molecule has 1 rings (SSSR count). The van der Waals surface area contributed by atoms with Crippen molar-refractivity contribution in [3.63, 3.8) is 0 Å². The van der Waals surface area contributed by atoms with Gasteiger partial charge >= 0.3 is 11.9 Å². The van der Waals surface area contributed by atoms with Crippen LogP contribution < -0.4 is 0 Å². The van der Waals surface area contributed by atoms with E-state index >= 15 is 0 Å². The van der Waals surface area contributed by atoms with Crippen molar-refractivity contribution in [3.05, 3.63) is 0 Å². The fraction of sp³-hybridized carbons (Fsp3) is 0.875. The van der Waals surface area contributed by atoms with Crippen LogP contribution in [0.3, 0.4) is 0 Å². The van der Waals surface area contributed by atoms with Crippen LogP contribution in [0.5, 0.6) is 0 Å². The Balaban J connectivity index is 2.35. The molecule has 0 aromatic rings. The molecule has 20 heavy (non-hydrogen) atoms. The highest BCUT2D eigenvalue weighted by molar-refractivity contribution is 5.70. The standard InChI is InChI=1S/C16H28O4/c1-11(2)13-9-8-12(3)10-14(13)20-16(19)7-5-4-6-15(17)18/h11-14H,4-10H2,1-3H3,(H,17,18)/t12-,13?,14?/m0/s1. The number of carboxylic acid groups (broad SMARTS) is 1. The van der Waals surface area contributed by atoms with Crippen molar-refractivity contribution in [2.24, 2.45) is 17.8 Å². The zero-order chi connectivity index (χ0) is 15.1. The minimum Gasteiger partial charge on any atom is -0.481 e. The number of carbonyl (C=O) groups excluding carboxylic acids is 1. The molecule has 0 spiro atoms. The van der Waals surface area contributed by atoms with Crippen molar-refractivity contribution in [1.82, 2.24) is 0 Å². The summed E-state index contributed by atoms with van der Waals surface area (Å²) in [7, 11) is 0. The Morgan fingerprint density at radius 2 is 1.85 bits per heavy atom. The molecule has 0 amide bonds. The second-order valence-corrected chi connectivity index (χ2v) is 6.46. The third kappa shape index (κ3) is 5.93. The van der Waals surface area contributed by atoms with Crippen molar-refractivity contribution in [1.29, 1.82) is 0 Å². The van der Waals surface area contributed by atoms with Crippen LogP contribution in [-0.4, -0.2) is 23.1 Å². The number of carbonyl (C=O) groups is 2. The Morgan fingerprint density at radius 3 is 2.45 bits per heavy atom. The molecule has 0 bridgehead atoms. The number of ether oxygens (including phenoxy) is 1. The summed E-state index contributed by atoms with van der Waals surface area (Å²) in [6.45, 7) is 6.59. The summed E-state index contributed by atoms with van der Waals surface area (Å²) in [6, 6.07) is 0. The van der Waals surface area contributed by atoms with Gasteiger partial charge in [-0.05, 0) is 43.4 Å². The van der Waals surface area contributed by atoms with E-state index in [2.05, 4.69) is 20.8 Å². The van der Waals surface area contributed by atoms with E-state index < -0.39 is 5.97 Å². The molecule has 0 radical (unpaired) electrons. The minimum atomic E-state index is -0.806. The highest BCUT2D eigenvalue weighted by atomic mass is 16.5. The van der Waals surface area contributed by atoms with Gasteiger partial charge in [-0.25, -0.2) is 0 Å². The molecule has 4 heteroatoms. The van der Waals surface area contributed by atoms with Gasteiger partial charge in [-0.1, -0.05) is 27.2 Å². The van der Waals surface area contributed by atoms with Crippen molar-refractivity contribution < 1.29 is 19.4 Å². The molecule has 0 aromatic carbocycles. The first-order valence-corrected chi connectivity index (χ1v) is 7.81. The number of unbranched alkanes of at least 4 members (excludes halogenated alkanes) is 1. The molecule has 116 valence electrons. The van der Waals surface area contributed by atoms with E-state index in [1.165, 1.54) is 6.42 Å². The average Bonchev–Trinajstić information content (AvgIpc) is 2.34. The van der Waals surface area contributed by atoms with Crippen molar-refractivity contribution in [2.75, 3.05) is 0 Å². The summed E-state index contributed by atoms with van der Waals surface area (Å²) in [4.78, 5) is 22.3. The first-order valence-electron chi connectivity index (χ1n) is 7.81. The summed E-state index contributed by atoms with van der Waals surface area (Å²) < 4.78 is 5.66. The smallest absolute Gasteiger partial charge is 0.306 e. The molecule has 0 saturated heterocycles. The van der Waals surface area contributed by atoms with Crippen LogP contribution in [0.15, 0.2) is 0 Å². The predicted molar refractivity (Wildman–Crippen MR) is 77.3 cm³/mol. The molecule has 0 heterocycles. The lowest BCUT2D eigenvalue weighted by Gasteiger charge is -2.36. The number of rotatable bonds is 7. The molecule has 1 N–H and O–H groups in total. The Kier molecular flexibility index (Phi) is 7.03. The lowest BCUT2D eigenvalue weighted by Crippen LogP contribution is -2.35. The lowest BCUT2D eigenvalue weighted by atomic mass is 9.75. The molecular formula is C16H28O4. The molecule has 1 saturated carbocycles. The van der Waals surface area contributed by atoms with Gasteiger partial charge in [0.1, 0.15) is 6.10 Å². The Bertz CT molecular complexity index is 324. The number of esters is 1. The molecule has 2 unspecified atom stereocenters. The highest BCUT2D eigenvalue weighted by Gasteiger charge is 2.33. The van der Waals surface area contributed by atoms with Crippen LogP contribution in [0.25, 0.3) is 0 Å². The summed E-state index contributed by atoms with van der Waals surface area (Å²) in [6.07, 6.45) is 4.96. The average molecular weight is 284 g/mol. The van der Waals surface area contributed by atoms with Gasteiger partial charge in [0.25, 0.3) is 0 Å². The van der Waals surface area contributed by atoms with E-state index in [4.69, 9.17) is 9.84 Å². The summed E-state index contributed by atoms with van der Waals surface area (Å²) in [5.41, 5.74) is 0. The zero-order valence-corrected chi connectivity index (χ0v) is 12.9. The first kappa shape index (κ1) is 17.0. The maximum atomic E-state index is 11.9. The highest BCUT2D eigenvalue weighted by Crippen LogP contribution is 2.35. The van der Waals surface area contributed by atoms with Gasteiger partial charge in [-0.3, -0.25) is 9.59 Å². The molecule has 1 aliphatic carbocycles. The predicted octanol–water partition coefficient (Wildman–Crippen LogP) is 3.64. The number of hydrogen-bond donors (Lipinski definition) is 1. The van der Waals surface area contributed by atoms with Crippen LogP contribution in [0.1, 0.15) is 65.7 Å². The summed E-state index contributed by atoms with van der Waals surface area (Å²) in [5.74, 6) is 0.649. The Labute approximate surface area is 121 Å². The van der Waals surface area contributed by atoms with E-state index in [0.29, 0.717) is 37.0 Å². The van der Waals surface area contributed by atoms with Gasteiger partial charge in [-0.15, -0.1) is 0 Å². The van der Waals surface area contributed by atoms with Gasteiger partial charge in [0.05, 0.1) is 0 Å². The van der Waals surface area contributed by atoms with Gasteiger partial charge in [0.15, 0.2) is 0 Å². The second kappa shape index (κ2) is 8.28. The van der Waals surface area contributed by atoms with Gasteiger partial charge < -0.3 is 9.84 Å². The number of carboxylic acids is 1. The first-order chi connectivity index (χ1) is 9.40. The Morgan fingerprint density at radius 1 is 1.20 bits per heavy atom. The topological polar surface area (TPSA) is 63.6 Å². The zero-order valence-electron chi connectivity index (χ0n) is 12.9. The van der Waals surface area contributed by atoms with E-state index in [1.807, 2.05) is 0 Å². The fourth-order valence-electron chi connectivity index (χ4n) is 3.02. The van der Waals surface area contributed by atoms with Crippen LogP contribution in [-0.2, 0) is 14.3 Å². The van der Waals surface area contributed by atoms with Crippen LogP contribution in [0.2, 0.25) is 0 Å². The molecular weight excluding hydrogens is 256 g/mol. The molecule has 0 aromatic heterocycles. The molecule has 0 aliphatic heterocycles. The molecule has 4 nitrogen and oxygen atoms in total. The van der Waals surface area contributed by atoms with Crippen molar-refractivity contribution >= 4 is 11.9 Å². The van der Waals surface area contributed by atoms with E-state index in [1.54, 1.807) is 0 Å². The molecule has 1 aliphatic rings. The van der Waals surface area contributed by atoms with Crippen LogP contribution in [0.4, 0.5) is 0 Å². The maximum absolute atomic E-state index is 11.9. The van der Waals surface area contributed by atoms with Crippen LogP contribution >= 0.6 is 0 Å². The maximum Gasteiger partial charge on any atom is 0.306 e. The summed E-state index contributed by atoms with van der Waals surface area (Å²) >= 11 is 0. The summed E-state index contributed by atoms with van der Waals surface area (Å²) in [5, 5.41) is 8.55. The van der Waals surface area contributed by atoms with Gasteiger partial charge in [0, 0.05) is 12.8 Å². The fourth-order valence-corrected chi connectivity index (χ4v) is 3.02. The van der Waals surface area contributed by atoms with Crippen LogP contribution in [0, 0.1) is 17.8 Å². The normalized spacial score (nSPS) is 26.5. The van der Waals surface area contributed by atoms with E-state index in [-0.39, 0.29) is 18.5 Å². The molecule has 1 fully saturated rings. The van der Waals surface area contributed by atoms with Crippen molar-refractivity contribution in [3.8, 4) is 0 Å². The molecule has 3 atom stereocenters. The quantitative estimate of drug-likeness (QED) is 0.572. The second-order valence-electron chi connectivity index (χ2n) is 6.46. The largest absolute Gasteiger partial charge is 0.481 e. The third-order valence-corrected chi connectivity index (χ3v) is 4.27. The van der Waals surface area contributed by atoms with E-state index in [9.17, 15) is 9.59 Å². The Hall–Kier alpha value is -1.06.